The fourth-order valence-corrected chi connectivity index (χ4v) is 4.39. The summed E-state index contributed by atoms with van der Waals surface area (Å²) in [5.74, 6) is -0.797. The molecule has 0 saturated heterocycles. The summed E-state index contributed by atoms with van der Waals surface area (Å²) < 4.78 is 22.7. The molecule has 0 fully saturated rings. The second kappa shape index (κ2) is 14.3. The van der Waals surface area contributed by atoms with Crippen molar-refractivity contribution in [2.75, 3.05) is 33.5 Å². The van der Waals surface area contributed by atoms with Crippen molar-refractivity contribution in [2.24, 2.45) is 0 Å². The molecule has 1 atom stereocenters. The fourth-order valence-electron chi connectivity index (χ4n) is 4.39. The number of ether oxygens (including phenoxy) is 1. The van der Waals surface area contributed by atoms with Crippen molar-refractivity contribution in [3.05, 3.63) is 107 Å². The van der Waals surface area contributed by atoms with E-state index in [4.69, 9.17) is 4.74 Å². The number of nitrogens with zero attached hydrogens (tertiary/aromatic N) is 5. The van der Waals surface area contributed by atoms with Crippen LogP contribution in [-0.2, 0) is 27.4 Å². The number of fused-ring (bicyclic) bond motifs is 1. The molecule has 0 bridgehead atoms. The van der Waals surface area contributed by atoms with Gasteiger partial charge in [-0.05, 0) is 48.7 Å². The molecule has 12 heteroatoms. The minimum absolute atomic E-state index is 0.0153. The van der Waals surface area contributed by atoms with Crippen molar-refractivity contribution in [2.45, 2.75) is 32.0 Å². The lowest BCUT2D eigenvalue weighted by Gasteiger charge is -2.20. The lowest BCUT2D eigenvalue weighted by Crippen LogP contribution is -2.37. The molecule has 4 aromatic rings. The normalized spacial score (nSPS) is 11.8. The van der Waals surface area contributed by atoms with E-state index in [0.717, 1.165) is 11.1 Å². The predicted octanol–water partition coefficient (Wildman–Crippen LogP) is 3.86. The van der Waals surface area contributed by atoms with Gasteiger partial charge in [0.25, 0.3) is 11.5 Å². The number of anilines is 1. The Labute approximate surface area is 254 Å². The van der Waals surface area contributed by atoms with Crippen molar-refractivity contribution >= 4 is 34.6 Å². The Kier molecular flexibility index (Phi) is 10.3. The van der Waals surface area contributed by atoms with Gasteiger partial charge in [-0.15, -0.1) is 0 Å². The molecule has 0 aliphatic carbocycles. The SMILES string of the molecule is CN(C)C(=O)/C=C/CC[C@H](OC(=O)N(C)C)C(=O)Nc1cccn(Cc2nc3cc(F)ccc3n2Cc2ccccc2)c1=O. The third-order valence-corrected chi connectivity index (χ3v) is 6.76. The molecule has 2 heterocycles. The van der Waals surface area contributed by atoms with Crippen LogP contribution in [0.25, 0.3) is 11.0 Å². The minimum atomic E-state index is -1.22. The number of amides is 3. The first-order chi connectivity index (χ1) is 21.0. The molecule has 11 nitrogen and oxygen atoms in total. The first-order valence-electron chi connectivity index (χ1n) is 14.0. The highest BCUT2D eigenvalue weighted by Gasteiger charge is 2.24. The van der Waals surface area contributed by atoms with Crippen molar-refractivity contribution < 1.29 is 23.5 Å². The number of aromatic nitrogens is 3. The number of allylic oxidation sites excluding steroid dienone is 1. The van der Waals surface area contributed by atoms with Gasteiger partial charge in [0.2, 0.25) is 5.91 Å². The Balaban J connectivity index is 1.57. The van der Waals surface area contributed by atoms with Crippen LogP contribution in [-0.4, -0.2) is 76.1 Å². The van der Waals surface area contributed by atoms with Gasteiger partial charge in [0, 0.05) is 47.0 Å². The lowest BCUT2D eigenvalue weighted by atomic mass is 10.1. The molecule has 0 aliphatic heterocycles. The molecule has 0 saturated carbocycles. The van der Waals surface area contributed by atoms with E-state index < -0.39 is 29.5 Å². The van der Waals surface area contributed by atoms with Crippen LogP contribution in [0.5, 0.6) is 0 Å². The Morgan fingerprint density at radius 3 is 2.45 bits per heavy atom. The van der Waals surface area contributed by atoms with Crippen LogP contribution < -0.4 is 10.9 Å². The summed E-state index contributed by atoms with van der Waals surface area (Å²) in [7, 11) is 6.21. The maximum absolute atomic E-state index is 14.0. The summed E-state index contributed by atoms with van der Waals surface area (Å²) in [4.78, 5) is 58.0. The number of rotatable bonds is 11. The molecule has 2 aromatic carbocycles. The number of hydrogen-bond acceptors (Lipinski definition) is 6. The van der Waals surface area contributed by atoms with E-state index in [2.05, 4.69) is 10.3 Å². The summed E-state index contributed by atoms with van der Waals surface area (Å²) in [6.45, 7) is 0.506. The quantitative estimate of drug-likeness (QED) is 0.261. The van der Waals surface area contributed by atoms with Gasteiger partial charge in [-0.3, -0.25) is 14.4 Å². The third-order valence-electron chi connectivity index (χ3n) is 6.76. The van der Waals surface area contributed by atoms with Gasteiger partial charge in [0.15, 0.2) is 6.10 Å². The van der Waals surface area contributed by atoms with Gasteiger partial charge >= 0.3 is 6.09 Å². The molecular weight excluding hydrogens is 567 g/mol. The second-order valence-corrected chi connectivity index (χ2v) is 10.6. The maximum Gasteiger partial charge on any atom is 0.410 e. The molecule has 1 N–H and O–H groups in total. The zero-order chi connectivity index (χ0) is 31.8. The topological polar surface area (TPSA) is 119 Å². The van der Waals surface area contributed by atoms with Gasteiger partial charge in [-0.25, -0.2) is 14.2 Å². The summed E-state index contributed by atoms with van der Waals surface area (Å²) in [6, 6.07) is 17.1. The van der Waals surface area contributed by atoms with E-state index in [-0.39, 0.29) is 31.0 Å². The van der Waals surface area contributed by atoms with E-state index in [1.807, 2.05) is 34.9 Å². The van der Waals surface area contributed by atoms with E-state index in [9.17, 15) is 23.6 Å². The number of nitrogens with one attached hydrogen (secondary N) is 1. The van der Waals surface area contributed by atoms with Crippen LogP contribution in [0.2, 0.25) is 0 Å². The average Bonchev–Trinajstić information content (AvgIpc) is 3.31. The maximum atomic E-state index is 14.0. The number of pyridine rings is 1. The van der Waals surface area contributed by atoms with Gasteiger partial charge in [-0.2, -0.15) is 0 Å². The van der Waals surface area contributed by atoms with E-state index in [1.165, 1.54) is 52.7 Å². The van der Waals surface area contributed by atoms with Gasteiger partial charge < -0.3 is 29.0 Å². The van der Waals surface area contributed by atoms with E-state index >= 15 is 0 Å². The highest BCUT2D eigenvalue weighted by molar-refractivity contribution is 5.95. The number of benzene rings is 2. The Morgan fingerprint density at radius 2 is 1.75 bits per heavy atom. The number of halogens is 1. The number of carbonyl (C=O) groups excluding carboxylic acids is 3. The summed E-state index contributed by atoms with van der Waals surface area (Å²) in [6.07, 6.45) is 2.95. The van der Waals surface area contributed by atoms with Crippen LogP contribution >= 0.6 is 0 Å². The van der Waals surface area contributed by atoms with Crippen LogP contribution in [0, 0.1) is 5.82 Å². The summed E-state index contributed by atoms with van der Waals surface area (Å²) in [5.41, 5.74) is 1.66. The highest BCUT2D eigenvalue weighted by Crippen LogP contribution is 2.20. The van der Waals surface area contributed by atoms with Gasteiger partial charge in [0.05, 0.1) is 17.6 Å². The Bertz CT molecular complexity index is 1730. The molecular formula is C32H35FN6O5. The van der Waals surface area contributed by atoms with Crippen molar-refractivity contribution in [1.82, 2.24) is 23.9 Å². The van der Waals surface area contributed by atoms with Crippen LogP contribution in [0.3, 0.4) is 0 Å². The molecule has 2 aromatic heterocycles. The summed E-state index contributed by atoms with van der Waals surface area (Å²) >= 11 is 0. The molecule has 230 valence electrons. The smallest absolute Gasteiger partial charge is 0.410 e. The van der Waals surface area contributed by atoms with Crippen LogP contribution in [0.4, 0.5) is 14.9 Å². The fraction of sp³-hybridized carbons (Fsp3) is 0.281. The monoisotopic (exact) mass is 602 g/mol. The molecule has 44 heavy (non-hydrogen) atoms. The largest absolute Gasteiger partial charge is 0.436 e. The zero-order valence-corrected chi connectivity index (χ0v) is 25.1. The number of likely N-dealkylation sites (N-methyl/N-ethyl adjacent to an activating group) is 1. The molecule has 0 radical (unpaired) electrons. The third kappa shape index (κ3) is 7.97. The first kappa shape index (κ1) is 31.7. The second-order valence-electron chi connectivity index (χ2n) is 10.6. The van der Waals surface area contributed by atoms with Gasteiger partial charge in [0.1, 0.15) is 17.3 Å². The highest BCUT2D eigenvalue weighted by atomic mass is 19.1. The van der Waals surface area contributed by atoms with Crippen LogP contribution in [0.1, 0.15) is 24.2 Å². The Morgan fingerprint density at radius 1 is 1.00 bits per heavy atom. The van der Waals surface area contributed by atoms with Crippen LogP contribution in [0.15, 0.2) is 83.8 Å². The molecule has 0 spiro atoms. The van der Waals surface area contributed by atoms with Gasteiger partial charge in [-0.1, -0.05) is 36.4 Å². The lowest BCUT2D eigenvalue weighted by molar-refractivity contribution is -0.125. The Hall–Kier alpha value is -5.26. The average molecular weight is 603 g/mol. The number of hydrogen-bond donors (Lipinski definition) is 1. The first-order valence-corrected chi connectivity index (χ1v) is 14.0. The standard InChI is InChI=1S/C32H35FN6O5/c1-36(2)29(40)15-9-8-14-27(44-32(43)37(3)4)30(41)35-24-13-10-18-38(31(24)42)21-28-34-25-19-23(33)16-17-26(25)39(28)20-22-11-6-5-7-12-22/h5-7,9-13,15-19,27H,8,14,20-21H2,1-4H3,(H,35,41)/b15-9+/t27-/m0/s1. The molecule has 0 unspecified atom stereocenters. The molecule has 3 amide bonds. The summed E-state index contributed by atoms with van der Waals surface area (Å²) in [5, 5.41) is 2.59. The number of imidazole rings is 1. The number of carbonyl (C=O) groups is 3. The van der Waals surface area contributed by atoms with Crippen molar-refractivity contribution in [3.8, 4) is 0 Å². The van der Waals surface area contributed by atoms with Crippen molar-refractivity contribution in [1.29, 1.82) is 0 Å². The minimum Gasteiger partial charge on any atom is -0.436 e. The van der Waals surface area contributed by atoms with Crippen molar-refractivity contribution in [3.63, 3.8) is 0 Å². The zero-order valence-electron chi connectivity index (χ0n) is 25.1. The molecule has 4 rings (SSSR count). The van der Waals surface area contributed by atoms with E-state index in [0.29, 0.717) is 17.9 Å². The predicted molar refractivity (Wildman–Crippen MR) is 165 cm³/mol. The van der Waals surface area contributed by atoms with E-state index in [1.54, 1.807) is 38.5 Å². The molecule has 0 aliphatic rings.